The summed E-state index contributed by atoms with van der Waals surface area (Å²) in [6.45, 7) is 15.0. The van der Waals surface area contributed by atoms with Crippen LogP contribution >= 0.6 is 0 Å². The van der Waals surface area contributed by atoms with Gasteiger partial charge in [-0.15, -0.1) is 0 Å². The van der Waals surface area contributed by atoms with Gasteiger partial charge in [-0.3, -0.25) is 0 Å². The van der Waals surface area contributed by atoms with Gasteiger partial charge < -0.3 is 4.48 Å². The molecular formula is C16H36MnN+3. The Bertz CT molecular complexity index is 122. The Hall–Kier alpha value is 0.479. The molecule has 0 aromatic carbocycles. The van der Waals surface area contributed by atoms with E-state index in [1.165, 1.54) is 82.0 Å². The van der Waals surface area contributed by atoms with Crippen LogP contribution in [0.4, 0.5) is 0 Å². The van der Waals surface area contributed by atoms with Crippen LogP contribution in [-0.4, -0.2) is 30.7 Å². The van der Waals surface area contributed by atoms with E-state index in [4.69, 9.17) is 0 Å². The van der Waals surface area contributed by atoms with E-state index in [9.17, 15) is 0 Å². The van der Waals surface area contributed by atoms with Crippen molar-refractivity contribution in [2.75, 3.05) is 26.2 Å². The summed E-state index contributed by atoms with van der Waals surface area (Å²) in [5, 5.41) is 0. The fraction of sp³-hybridized carbons (Fsp3) is 1.00. The van der Waals surface area contributed by atoms with E-state index in [1.807, 2.05) is 0 Å². The summed E-state index contributed by atoms with van der Waals surface area (Å²) in [4.78, 5) is 0. The summed E-state index contributed by atoms with van der Waals surface area (Å²) in [6, 6.07) is 0. The number of rotatable bonds is 12. The molecule has 0 saturated heterocycles. The SMILES string of the molecule is CCCC[N+](CCCC)(CCCC)CCCC.[Mn+2]. The maximum absolute atomic E-state index is 2.33. The van der Waals surface area contributed by atoms with Crippen LogP contribution < -0.4 is 0 Å². The third-order valence-corrected chi connectivity index (χ3v) is 3.94. The van der Waals surface area contributed by atoms with Gasteiger partial charge in [0.2, 0.25) is 0 Å². The van der Waals surface area contributed by atoms with Crippen LogP contribution in [0.1, 0.15) is 79.1 Å². The van der Waals surface area contributed by atoms with E-state index >= 15 is 0 Å². The monoisotopic (exact) mass is 297 g/mol. The quantitative estimate of drug-likeness (QED) is 0.351. The molecule has 0 spiro atoms. The molecule has 0 N–H and O–H groups in total. The van der Waals surface area contributed by atoms with Crippen LogP contribution in [-0.2, 0) is 17.1 Å². The smallest absolute Gasteiger partial charge is 0.324 e. The summed E-state index contributed by atoms with van der Waals surface area (Å²) < 4.78 is 1.42. The van der Waals surface area contributed by atoms with E-state index < -0.39 is 0 Å². The van der Waals surface area contributed by atoms with Crippen molar-refractivity contribution in [2.24, 2.45) is 0 Å². The molecule has 2 heteroatoms. The average molecular weight is 297 g/mol. The molecule has 0 aliphatic heterocycles. The van der Waals surface area contributed by atoms with Gasteiger partial charge in [0.25, 0.3) is 0 Å². The molecule has 0 amide bonds. The topological polar surface area (TPSA) is 0 Å². The third-order valence-electron chi connectivity index (χ3n) is 3.94. The van der Waals surface area contributed by atoms with Crippen molar-refractivity contribution in [3.8, 4) is 0 Å². The molecule has 0 atom stereocenters. The van der Waals surface area contributed by atoms with E-state index in [2.05, 4.69) is 27.7 Å². The molecule has 1 nitrogen and oxygen atoms in total. The Morgan fingerprint density at radius 2 is 0.722 bits per heavy atom. The van der Waals surface area contributed by atoms with Crippen LogP contribution in [0.5, 0.6) is 0 Å². The molecule has 0 bridgehead atoms. The van der Waals surface area contributed by atoms with E-state index in [-0.39, 0.29) is 17.1 Å². The van der Waals surface area contributed by atoms with Gasteiger partial charge in [0.05, 0.1) is 26.2 Å². The zero-order valence-electron chi connectivity index (χ0n) is 13.3. The summed E-state index contributed by atoms with van der Waals surface area (Å²) in [7, 11) is 0. The first-order valence-corrected chi connectivity index (χ1v) is 8.09. The molecule has 0 aliphatic carbocycles. The summed E-state index contributed by atoms with van der Waals surface area (Å²) in [5.41, 5.74) is 0. The minimum Gasteiger partial charge on any atom is -0.324 e. The van der Waals surface area contributed by atoms with Crippen molar-refractivity contribution in [1.29, 1.82) is 0 Å². The summed E-state index contributed by atoms with van der Waals surface area (Å²) >= 11 is 0. The molecule has 0 saturated carbocycles. The average Bonchev–Trinajstić information content (AvgIpc) is 2.37. The summed E-state index contributed by atoms with van der Waals surface area (Å²) in [5.74, 6) is 0. The maximum atomic E-state index is 2.33. The van der Waals surface area contributed by atoms with E-state index in [1.54, 1.807) is 0 Å². The van der Waals surface area contributed by atoms with Gasteiger partial charge in [-0.05, 0) is 25.7 Å². The zero-order valence-corrected chi connectivity index (χ0v) is 14.5. The molecule has 0 heterocycles. The first-order chi connectivity index (χ1) is 8.24. The Morgan fingerprint density at radius 3 is 0.889 bits per heavy atom. The van der Waals surface area contributed by atoms with Crippen molar-refractivity contribution in [2.45, 2.75) is 79.1 Å². The van der Waals surface area contributed by atoms with Crippen molar-refractivity contribution in [1.82, 2.24) is 0 Å². The normalized spacial score (nSPS) is 11.3. The molecular weight excluding hydrogens is 261 g/mol. The van der Waals surface area contributed by atoms with Crippen LogP contribution in [0.25, 0.3) is 0 Å². The van der Waals surface area contributed by atoms with Crippen LogP contribution in [0.3, 0.4) is 0 Å². The molecule has 0 aliphatic rings. The Balaban J connectivity index is 0. The fourth-order valence-electron chi connectivity index (χ4n) is 2.64. The number of nitrogens with zero attached hydrogens (tertiary/aromatic N) is 1. The molecule has 109 valence electrons. The largest absolute Gasteiger partial charge is 2.00 e. The molecule has 0 rings (SSSR count). The predicted molar refractivity (Wildman–Crippen MR) is 79.4 cm³/mol. The Kier molecular flexibility index (Phi) is 16.1. The standard InChI is InChI=1S/C16H36N.Mn/c1-5-9-13-17(14-10-6-2,15-11-7-3)16-12-8-4;/h5-16H2,1-4H3;/q+1;+2. The number of quaternary nitrogens is 1. The molecule has 0 unspecified atom stereocenters. The zero-order chi connectivity index (χ0) is 13.0. The van der Waals surface area contributed by atoms with Gasteiger partial charge in [-0.1, -0.05) is 53.4 Å². The van der Waals surface area contributed by atoms with Crippen LogP contribution in [0, 0.1) is 0 Å². The number of hydrogen-bond acceptors (Lipinski definition) is 0. The minimum absolute atomic E-state index is 0. The Morgan fingerprint density at radius 1 is 0.500 bits per heavy atom. The van der Waals surface area contributed by atoms with Gasteiger partial charge in [0, 0.05) is 0 Å². The second-order valence-corrected chi connectivity index (χ2v) is 5.65. The molecule has 0 fully saturated rings. The number of hydrogen-bond donors (Lipinski definition) is 0. The van der Waals surface area contributed by atoms with Crippen molar-refractivity contribution < 1.29 is 21.6 Å². The minimum atomic E-state index is 0. The van der Waals surface area contributed by atoms with Crippen molar-refractivity contribution in [3.05, 3.63) is 0 Å². The van der Waals surface area contributed by atoms with E-state index in [0.717, 1.165) is 0 Å². The number of unbranched alkanes of at least 4 members (excludes halogenated alkanes) is 4. The molecule has 1 radical (unpaired) electrons. The second-order valence-electron chi connectivity index (χ2n) is 5.65. The molecule has 0 aromatic rings. The van der Waals surface area contributed by atoms with Gasteiger partial charge in [-0.2, -0.15) is 0 Å². The second kappa shape index (κ2) is 13.9. The van der Waals surface area contributed by atoms with Gasteiger partial charge >= 0.3 is 17.1 Å². The first-order valence-electron chi connectivity index (χ1n) is 8.09. The first kappa shape index (κ1) is 20.8. The fourth-order valence-corrected chi connectivity index (χ4v) is 2.64. The summed E-state index contributed by atoms with van der Waals surface area (Å²) in [6.07, 6.45) is 11.1. The van der Waals surface area contributed by atoms with Crippen molar-refractivity contribution in [3.63, 3.8) is 0 Å². The third kappa shape index (κ3) is 9.41. The maximum Gasteiger partial charge on any atom is 2.00 e. The van der Waals surface area contributed by atoms with Gasteiger partial charge in [-0.25, -0.2) is 0 Å². The Labute approximate surface area is 127 Å². The van der Waals surface area contributed by atoms with Crippen molar-refractivity contribution >= 4 is 0 Å². The van der Waals surface area contributed by atoms with Gasteiger partial charge in [0.15, 0.2) is 0 Å². The van der Waals surface area contributed by atoms with E-state index in [0.29, 0.717) is 0 Å². The molecule has 18 heavy (non-hydrogen) atoms. The molecule has 0 aromatic heterocycles. The van der Waals surface area contributed by atoms with Gasteiger partial charge in [0.1, 0.15) is 0 Å². The van der Waals surface area contributed by atoms with Crippen LogP contribution in [0.2, 0.25) is 0 Å². The predicted octanol–water partition coefficient (Wildman–Crippen LogP) is 5.00. The van der Waals surface area contributed by atoms with Crippen LogP contribution in [0.15, 0.2) is 0 Å².